The quantitative estimate of drug-likeness (QED) is 0.796. The van der Waals surface area contributed by atoms with Crippen LogP contribution in [0.25, 0.3) is 0 Å². The molecule has 2 aromatic carbocycles. The van der Waals surface area contributed by atoms with E-state index in [-0.39, 0.29) is 17.5 Å². The number of Topliss-reactive ketones (excluding diaryl/α,β-unsaturated/α-hetero) is 1. The number of nitrogens with zero attached hydrogens (tertiary/aromatic N) is 2. The summed E-state index contributed by atoms with van der Waals surface area (Å²) < 4.78 is 39.6. The van der Waals surface area contributed by atoms with Crippen LogP contribution in [0.1, 0.15) is 22.8 Å². The Kier molecular flexibility index (Phi) is 5.58. The highest BCUT2D eigenvalue weighted by Crippen LogP contribution is 2.36. The number of nitrogens with one attached hydrogen (secondary N) is 1. The third-order valence-corrected chi connectivity index (χ3v) is 4.64. The number of alkyl halides is 3. The highest BCUT2D eigenvalue weighted by atomic mass is 19.4. The molecule has 1 aliphatic rings. The number of piperazine rings is 1. The summed E-state index contributed by atoms with van der Waals surface area (Å²) >= 11 is 0. The van der Waals surface area contributed by atoms with Crippen LogP contribution in [0, 0.1) is 0 Å². The fourth-order valence-electron chi connectivity index (χ4n) is 3.16. The number of carbonyl (C=O) groups excluding carboxylic acids is 2. The van der Waals surface area contributed by atoms with Gasteiger partial charge in [0.15, 0.2) is 5.78 Å². The molecule has 5 nitrogen and oxygen atoms in total. The minimum absolute atomic E-state index is 0.104. The zero-order valence-electron chi connectivity index (χ0n) is 15.3. The Balaban J connectivity index is 1.64. The molecule has 2 amide bonds. The van der Waals surface area contributed by atoms with Crippen molar-refractivity contribution in [1.29, 1.82) is 0 Å². The summed E-state index contributed by atoms with van der Waals surface area (Å²) in [4.78, 5) is 27.1. The topological polar surface area (TPSA) is 52.7 Å². The van der Waals surface area contributed by atoms with Gasteiger partial charge >= 0.3 is 12.2 Å². The molecule has 0 saturated carbocycles. The van der Waals surface area contributed by atoms with Crippen molar-refractivity contribution in [3.63, 3.8) is 0 Å². The van der Waals surface area contributed by atoms with Crippen molar-refractivity contribution in [1.82, 2.24) is 4.90 Å². The summed E-state index contributed by atoms with van der Waals surface area (Å²) in [6.07, 6.45) is -4.42. The van der Waals surface area contributed by atoms with E-state index in [0.717, 1.165) is 6.07 Å². The van der Waals surface area contributed by atoms with Crippen molar-refractivity contribution in [2.45, 2.75) is 13.1 Å². The summed E-state index contributed by atoms with van der Waals surface area (Å²) in [5, 5.41) is 2.73. The molecule has 3 rings (SSSR count). The van der Waals surface area contributed by atoms with Gasteiger partial charge in [0.05, 0.1) is 5.56 Å². The highest BCUT2D eigenvalue weighted by Gasteiger charge is 2.35. The fraction of sp³-hybridized carbons (Fsp3) is 0.300. The van der Waals surface area contributed by atoms with Gasteiger partial charge in [0, 0.05) is 43.1 Å². The lowest BCUT2D eigenvalue weighted by Gasteiger charge is -2.37. The lowest BCUT2D eigenvalue weighted by atomic mass is 10.1. The highest BCUT2D eigenvalue weighted by molar-refractivity contribution is 5.96. The Morgan fingerprint density at radius 2 is 1.64 bits per heavy atom. The smallest absolute Gasteiger partial charge is 0.367 e. The van der Waals surface area contributed by atoms with Crippen LogP contribution in [-0.2, 0) is 6.18 Å². The molecule has 1 fully saturated rings. The number of ketones is 1. The molecule has 1 heterocycles. The third-order valence-electron chi connectivity index (χ3n) is 4.64. The van der Waals surface area contributed by atoms with Gasteiger partial charge in [0.2, 0.25) is 0 Å². The van der Waals surface area contributed by atoms with Crippen LogP contribution in [0.2, 0.25) is 0 Å². The summed E-state index contributed by atoms with van der Waals surface area (Å²) in [5.41, 5.74) is 0.451. The first-order valence-corrected chi connectivity index (χ1v) is 8.84. The number of amides is 2. The SMILES string of the molecule is CC(=O)c1cccc(NC(=O)N2CCN(c3ccccc3C(F)(F)F)CC2)c1. The zero-order valence-corrected chi connectivity index (χ0v) is 15.3. The second-order valence-corrected chi connectivity index (χ2v) is 6.56. The second-order valence-electron chi connectivity index (χ2n) is 6.56. The van der Waals surface area contributed by atoms with E-state index in [1.807, 2.05) is 0 Å². The van der Waals surface area contributed by atoms with Crippen LogP contribution in [0.15, 0.2) is 48.5 Å². The Labute approximate surface area is 160 Å². The lowest BCUT2D eigenvalue weighted by Crippen LogP contribution is -2.50. The van der Waals surface area contributed by atoms with E-state index < -0.39 is 11.7 Å². The van der Waals surface area contributed by atoms with Crippen LogP contribution >= 0.6 is 0 Å². The largest absolute Gasteiger partial charge is 0.418 e. The number of hydrogen-bond acceptors (Lipinski definition) is 3. The Hall–Kier alpha value is -3.03. The van der Waals surface area contributed by atoms with E-state index in [4.69, 9.17) is 0 Å². The van der Waals surface area contributed by atoms with Crippen molar-refractivity contribution in [2.24, 2.45) is 0 Å². The first kappa shape index (κ1) is 19.7. The van der Waals surface area contributed by atoms with Crippen LogP contribution in [0.3, 0.4) is 0 Å². The van der Waals surface area contributed by atoms with Crippen molar-refractivity contribution in [3.05, 3.63) is 59.7 Å². The van der Waals surface area contributed by atoms with E-state index >= 15 is 0 Å². The molecule has 1 aliphatic heterocycles. The van der Waals surface area contributed by atoms with Crippen LogP contribution in [-0.4, -0.2) is 42.9 Å². The zero-order chi connectivity index (χ0) is 20.3. The summed E-state index contributed by atoms with van der Waals surface area (Å²) in [6.45, 7) is 2.63. The summed E-state index contributed by atoms with van der Waals surface area (Å²) in [6, 6.07) is 11.7. The first-order valence-electron chi connectivity index (χ1n) is 8.84. The Morgan fingerprint density at radius 3 is 2.29 bits per heavy atom. The van der Waals surface area contributed by atoms with Gasteiger partial charge < -0.3 is 15.1 Å². The molecule has 0 unspecified atom stereocenters. The van der Waals surface area contributed by atoms with Gasteiger partial charge in [-0.2, -0.15) is 13.2 Å². The molecule has 0 atom stereocenters. The van der Waals surface area contributed by atoms with E-state index in [0.29, 0.717) is 37.4 Å². The monoisotopic (exact) mass is 391 g/mol. The first-order chi connectivity index (χ1) is 13.3. The maximum Gasteiger partial charge on any atom is 0.418 e. The van der Waals surface area contributed by atoms with Crippen molar-refractivity contribution >= 4 is 23.2 Å². The average Bonchev–Trinajstić information content (AvgIpc) is 2.67. The van der Waals surface area contributed by atoms with E-state index in [2.05, 4.69) is 5.32 Å². The number of halogens is 3. The standard InChI is InChI=1S/C20H20F3N3O2/c1-14(27)15-5-4-6-16(13-15)24-19(28)26-11-9-25(10-12-26)18-8-3-2-7-17(18)20(21,22)23/h2-8,13H,9-12H2,1H3,(H,24,28). The van der Waals surface area contributed by atoms with Crippen molar-refractivity contribution < 1.29 is 22.8 Å². The maximum absolute atomic E-state index is 13.2. The van der Waals surface area contributed by atoms with Gasteiger partial charge in [-0.25, -0.2) is 4.79 Å². The fourth-order valence-corrected chi connectivity index (χ4v) is 3.16. The molecule has 0 radical (unpaired) electrons. The molecule has 0 spiro atoms. The molecule has 0 aliphatic carbocycles. The van der Waals surface area contributed by atoms with Crippen LogP contribution in [0.4, 0.5) is 29.3 Å². The van der Waals surface area contributed by atoms with Gasteiger partial charge in [-0.1, -0.05) is 24.3 Å². The normalized spacial score (nSPS) is 14.7. The number of anilines is 2. The van der Waals surface area contributed by atoms with Crippen molar-refractivity contribution in [3.8, 4) is 0 Å². The third kappa shape index (κ3) is 4.44. The molecule has 148 valence electrons. The van der Waals surface area contributed by atoms with Crippen LogP contribution in [0.5, 0.6) is 0 Å². The van der Waals surface area contributed by atoms with Gasteiger partial charge in [0.1, 0.15) is 0 Å². The number of benzene rings is 2. The molecule has 1 N–H and O–H groups in total. The molecule has 2 aromatic rings. The van der Waals surface area contributed by atoms with E-state index in [9.17, 15) is 22.8 Å². The minimum atomic E-state index is -4.42. The number of carbonyl (C=O) groups is 2. The molecule has 1 saturated heterocycles. The molecule has 8 heteroatoms. The predicted octanol–water partition coefficient (Wildman–Crippen LogP) is 4.26. The Morgan fingerprint density at radius 1 is 0.964 bits per heavy atom. The molecular formula is C20H20F3N3O2. The van der Waals surface area contributed by atoms with Gasteiger partial charge in [-0.15, -0.1) is 0 Å². The van der Waals surface area contributed by atoms with Crippen molar-refractivity contribution in [2.75, 3.05) is 36.4 Å². The molecular weight excluding hydrogens is 371 g/mol. The van der Waals surface area contributed by atoms with Crippen LogP contribution < -0.4 is 10.2 Å². The second kappa shape index (κ2) is 7.92. The lowest BCUT2D eigenvalue weighted by molar-refractivity contribution is -0.137. The molecule has 28 heavy (non-hydrogen) atoms. The predicted molar refractivity (Wildman–Crippen MR) is 101 cm³/mol. The number of urea groups is 1. The minimum Gasteiger partial charge on any atom is -0.367 e. The Bertz CT molecular complexity index is 875. The van der Waals surface area contributed by atoms with E-state index in [1.165, 1.54) is 19.1 Å². The summed E-state index contributed by atoms with van der Waals surface area (Å²) in [7, 11) is 0. The van der Waals surface area contributed by atoms with E-state index in [1.54, 1.807) is 40.1 Å². The average molecular weight is 391 g/mol. The van der Waals surface area contributed by atoms with Gasteiger partial charge in [-0.05, 0) is 31.2 Å². The van der Waals surface area contributed by atoms with Gasteiger partial charge in [0.25, 0.3) is 0 Å². The number of rotatable bonds is 3. The number of para-hydroxylation sites is 1. The number of hydrogen-bond donors (Lipinski definition) is 1. The molecule has 0 bridgehead atoms. The maximum atomic E-state index is 13.2. The summed E-state index contributed by atoms with van der Waals surface area (Å²) in [5.74, 6) is -0.104. The molecule has 0 aromatic heterocycles. The van der Waals surface area contributed by atoms with Gasteiger partial charge in [-0.3, -0.25) is 4.79 Å².